The Bertz CT molecular complexity index is 411. The van der Waals surface area contributed by atoms with Gasteiger partial charge in [0.2, 0.25) is 0 Å². The number of benzene rings is 1. The lowest BCUT2D eigenvalue weighted by atomic mass is 9.87. The molecule has 19 heavy (non-hydrogen) atoms. The van der Waals surface area contributed by atoms with E-state index in [-0.39, 0.29) is 17.4 Å². The van der Waals surface area contributed by atoms with E-state index in [4.69, 9.17) is 5.73 Å². The second-order valence-corrected chi connectivity index (χ2v) is 5.71. The lowest BCUT2D eigenvalue weighted by molar-refractivity contribution is 0.106. The smallest absolute Gasteiger partial charge is 0.123 e. The van der Waals surface area contributed by atoms with Crippen LogP contribution in [0.2, 0.25) is 0 Å². The van der Waals surface area contributed by atoms with Gasteiger partial charge in [-0.3, -0.25) is 4.90 Å². The van der Waals surface area contributed by atoms with E-state index in [1.54, 1.807) is 6.07 Å². The summed E-state index contributed by atoms with van der Waals surface area (Å²) < 4.78 is 13.1. The van der Waals surface area contributed by atoms with Gasteiger partial charge < -0.3 is 5.73 Å². The van der Waals surface area contributed by atoms with Crippen LogP contribution >= 0.6 is 0 Å². The highest BCUT2D eigenvalue weighted by molar-refractivity contribution is 5.27. The highest BCUT2D eigenvalue weighted by Crippen LogP contribution is 2.22. The molecule has 2 nitrogen and oxygen atoms in total. The van der Waals surface area contributed by atoms with Crippen molar-refractivity contribution in [1.82, 2.24) is 4.90 Å². The topological polar surface area (TPSA) is 29.3 Å². The molecule has 1 aromatic rings. The van der Waals surface area contributed by atoms with Crippen molar-refractivity contribution in [2.24, 2.45) is 5.73 Å². The van der Waals surface area contributed by atoms with Crippen LogP contribution in [0.4, 0.5) is 4.39 Å². The number of aryl methyl sites for hydroxylation is 1. The second-order valence-electron chi connectivity index (χ2n) is 5.71. The molecule has 2 N–H and O–H groups in total. The molecule has 1 aromatic carbocycles. The highest BCUT2D eigenvalue weighted by atomic mass is 19.1. The molecule has 0 aromatic heterocycles. The molecule has 0 radical (unpaired) electrons. The summed E-state index contributed by atoms with van der Waals surface area (Å²) in [5.74, 6) is -0.183. The van der Waals surface area contributed by atoms with E-state index in [1.807, 2.05) is 13.0 Å². The average molecular weight is 266 g/mol. The molecule has 0 amide bonds. The summed E-state index contributed by atoms with van der Waals surface area (Å²) in [5.41, 5.74) is 8.45. The molecule has 1 unspecified atom stereocenters. The molecule has 1 atom stereocenters. The van der Waals surface area contributed by atoms with Gasteiger partial charge in [0.15, 0.2) is 0 Å². The van der Waals surface area contributed by atoms with Crippen molar-refractivity contribution in [3.63, 3.8) is 0 Å². The second kappa shape index (κ2) is 6.49. The molecule has 0 bridgehead atoms. The van der Waals surface area contributed by atoms with Crippen molar-refractivity contribution in [2.75, 3.05) is 13.1 Å². The van der Waals surface area contributed by atoms with Crippen molar-refractivity contribution in [1.29, 1.82) is 0 Å². The maximum absolute atomic E-state index is 13.1. The standard InChI is InChI=1S/C16H27FN2/c1-6-19(7-2)16(4,5)15(18)11-13-8-9-14(17)10-12(13)3/h8-10,15H,6-7,11,18H2,1-5H3. The summed E-state index contributed by atoms with van der Waals surface area (Å²) in [5, 5.41) is 0. The Balaban J connectivity index is 2.86. The number of rotatable bonds is 6. The zero-order chi connectivity index (χ0) is 14.6. The zero-order valence-electron chi connectivity index (χ0n) is 12.8. The lowest BCUT2D eigenvalue weighted by Gasteiger charge is -2.42. The molecular weight excluding hydrogens is 239 g/mol. The van der Waals surface area contributed by atoms with Crippen LogP contribution in [0.25, 0.3) is 0 Å². The number of likely N-dealkylation sites (N-methyl/N-ethyl adjacent to an activating group) is 1. The first-order valence-electron chi connectivity index (χ1n) is 7.08. The Hall–Kier alpha value is -0.930. The van der Waals surface area contributed by atoms with Gasteiger partial charge in [0.05, 0.1) is 0 Å². The number of nitrogens with two attached hydrogens (primary N) is 1. The summed E-state index contributed by atoms with van der Waals surface area (Å²) in [4.78, 5) is 2.37. The first kappa shape index (κ1) is 16.1. The molecule has 1 rings (SSSR count). The first-order chi connectivity index (χ1) is 8.82. The maximum atomic E-state index is 13.1. The molecule has 0 heterocycles. The van der Waals surface area contributed by atoms with Crippen LogP contribution in [0.5, 0.6) is 0 Å². The Labute approximate surface area is 116 Å². The maximum Gasteiger partial charge on any atom is 0.123 e. The van der Waals surface area contributed by atoms with Crippen molar-refractivity contribution in [2.45, 2.75) is 52.6 Å². The zero-order valence-corrected chi connectivity index (χ0v) is 12.8. The molecule has 0 spiro atoms. The van der Waals surface area contributed by atoms with E-state index in [0.717, 1.165) is 30.6 Å². The highest BCUT2D eigenvalue weighted by Gasteiger charge is 2.31. The van der Waals surface area contributed by atoms with E-state index < -0.39 is 0 Å². The number of hydrogen-bond donors (Lipinski definition) is 1. The van der Waals surface area contributed by atoms with Crippen LogP contribution in [0.15, 0.2) is 18.2 Å². The van der Waals surface area contributed by atoms with Gasteiger partial charge in [0.25, 0.3) is 0 Å². The van der Waals surface area contributed by atoms with Crippen LogP contribution in [0.1, 0.15) is 38.8 Å². The van der Waals surface area contributed by atoms with Gasteiger partial charge in [-0.25, -0.2) is 4.39 Å². The fraction of sp³-hybridized carbons (Fsp3) is 0.625. The summed E-state index contributed by atoms with van der Waals surface area (Å²) in [7, 11) is 0. The molecule has 0 saturated carbocycles. The molecule has 0 aliphatic heterocycles. The van der Waals surface area contributed by atoms with Crippen LogP contribution in [-0.4, -0.2) is 29.6 Å². The minimum atomic E-state index is -0.183. The lowest BCUT2D eigenvalue weighted by Crippen LogP contribution is -2.56. The minimum Gasteiger partial charge on any atom is -0.326 e. The fourth-order valence-electron chi connectivity index (χ4n) is 2.65. The van der Waals surface area contributed by atoms with Gasteiger partial charge in [-0.05, 0) is 63.5 Å². The summed E-state index contributed by atoms with van der Waals surface area (Å²) in [6.45, 7) is 12.6. The largest absolute Gasteiger partial charge is 0.326 e. The minimum absolute atomic E-state index is 0.0246. The Morgan fingerprint density at radius 2 is 1.84 bits per heavy atom. The van der Waals surface area contributed by atoms with Gasteiger partial charge in [-0.15, -0.1) is 0 Å². The van der Waals surface area contributed by atoms with Gasteiger partial charge in [-0.2, -0.15) is 0 Å². The Kier molecular flexibility index (Phi) is 5.50. The van der Waals surface area contributed by atoms with Gasteiger partial charge in [0, 0.05) is 11.6 Å². The van der Waals surface area contributed by atoms with Crippen molar-refractivity contribution < 1.29 is 4.39 Å². The van der Waals surface area contributed by atoms with Crippen molar-refractivity contribution >= 4 is 0 Å². The summed E-state index contributed by atoms with van der Waals surface area (Å²) in [6.07, 6.45) is 0.773. The molecule has 0 saturated heterocycles. The van der Waals surface area contributed by atoms with E-state index >= 15 is 0 Å². The van der Waals surface area contributed by atoms with Crippen LogP contribution in [-0.2, 0) is 6.42 Å². The van der Waals surface area contributed by atoms with Gasteiger partial charge >= 0.3 is 0 Å². The quantitative estimate of drug-likeness (QED) is 0.857. The average Bonchev–Trinajstić information content (AvgIpc) is 2.33. The van der Waals surface area contributed by atoms with Crippen molar-refractivity contribution in [3.8, 4) is 0 Å². The molecule has 0 aliphatic carbocycles. The summed E-state index contributed by atoms with van der Waals surface area (Å²) in [6, 6.07) is 4.96. The molecule has 0 aliphatic rings. The first-order valence-corrected chi connectivity index (χ1v) is 7.08. The molecule has 3 heteroatoms. The van der Waals surface area contributed by atoms with Crippen LogP contribution in [0.3, 0.4) is 0 Å². The molecule has 0 fully saturated rings. The van der Waals surface area contributed by atoms with E-state index in [1.165, 1.54) is 6.07 Å². The predicted molar refractivity (Wildman–Crippen MR) is 79.8 cm³/mol. The van der Waals surface area contributed by atoms with Crippen LogP contribution in [0, 0.1) is 12.7 Å². The fourth-order valence-corrected chi connectivity index (χ4v) is 2.65. The van der Waals surface area contributed by atoms with E-state index in [2.05, 4.69) is 32.6 Å². The Morgan fingerprint density at radius 1 is 1.26 bits per heavy atom. The van der Waals surface area contributed by atoms with E-state index in [9.17, 15) is 4.39 Å². The third-order valence-corrected chi connectivity index (χ3v) is 4.23. The third-order valence-electron chi connectivity index (χ3n) is 4.23. The van der Waals surface area contributed by atoms with Crippen LogP contribution < -0.4 is 5.73 Å². The summed E-state index contributed by atoms with van der Waals surface area (Å²) >= 11 is 0. The predicted octanol–water partition coefficient (Wildman–Crippen LogP) is 3.12. The SMILES string of the molecule is CCN(CC)C(C)(C)C(N)Cc1ccc(F)cc1C. The van der Waals surface area contributed by atoms with Crippen molar-refractivity contribution in [3.05, 3.63) is 35.1 Å². The molecular formula is C16H27FN2. The van der Waals surface area contributed by atoms with Gasteiger partial charge in [-0.1, -0.05) is 19.9 Å². The third kappa shape index (κ3) is 3.77. The number of nitrogens with zero attached hydrogens (tertiary/aromatic N) is 1. The normalized spacial score (nSPS) is 13.9. The monoisotopic (exact) mass is 266 g/mol. The van der Waals surface area contributed by atoms with Gasteiger partial charge in [0.1, 0.15) is 5.82 Å². The number of halogens is 1. The number of hydrogen-bond acceptors (Lipinski definition) is 2. The van der Waals surface area contributed by atoms with E-state index in [0.29, 0.717) is 0 Å². The molecule has 108 valence electrons. The Morgan fingerprint density at radius 3 is 2.32 bits per heavy atom.